The van der Waals surface area contributed by atoms with E-state index in [9.17, 15) is 0 Å². The molecule has 0 aromatic rings. The van der Waals surface area contributed by atoms with Gasteiger partial charge in [-0.3, -0.25) is 4.90 Å². The van der Waals surface area contributed by atoms with Gasteiger partial charge in [-0.1, -0.05) is 13.8 Å². The summed E-state index contributed by atoms with van der Waals surface area (Å²) in [5.74, 6) is 2.49. The van der Waals surface area contributed by atoms with Crippen LogP contribution in [-0.2, 0) is 4.74 Å². The Hall–Kier alpha value is 0.230. The van der Waals surface area contributed by atoms with Crippen molar-refractivity contribution in [2.24, 2.45) is 0 Å². The van der Waals surface area contributed by atoms with Crippen LogP contribution in [0, 0.1) is 0 Å². The third-order valence-electron chi connectivity index (χ3n) is 3.26. The van der Waals surface area contributed by atoms with Gasteiger partial charge in [0.15, 0.2) is 0 Å². The number of rotatable bonds is 8. The van der Waals surface area contributed by atoms with Crippen molar-refractivity contribution in [2.45, 2.75) is 39.3 Å². The Morgan fingerprint density at radius 2 is 2.29 bits per heavy atom. The Bertz CT molecular complexity index is 192. The SMILES string of the molecule is CCSCCC(C)NCC1CN(CC)CCO1. The molecule has 3 nitrogen and oxygen atoms in total. The Morgan fingerprint density at radius 1 is 1.47 bits per heavy atom. The molecule has 0 saturated carbocycles. The van der Waals surface area contributed by atoms with Crippen molar-refractivity contribution in [1.29, 1.82) is 0 Å². The van der Waals surface area contributed by atoms with Crippen LogP contribution in [0.25, 0.3) is 0 Å². The zero-order chi connectivity index (χ0) is 12.5. The van der Waals surface area contributed by atoms with Gasteiger partial charge in [-0.15, -0.1) is 0 Å². The van der Waals surface area contributed by atoms with E-state index in [1.54, 1.807) is 0 Å². The molecule has 102 valence electrons. The van der Waals surface area contributed by atoms with E-state index in [1.807, 2.05) is 11.8 Å². The summed E-state index contributed by atoms with van der Waals surface area (Å²) in [4.78, 5) is 2.47. The maximum absolute atomic E-state index is 5.78. The van der Waals surface area contributed by atoms with Crippen molar-refractivity contribution >= 4 is 11.8 Å². The van der Waals surface area contributed by atoms with Crippen LogP contribution in [0.4, 0.5) is 0 Å². The minimum absolute atomic E-state index is 0.380. The zero-order valence-electron chi connectivity index (χ0n) is 11.6. The van der Waals surface area contributed by atoms with Crippen LogP contribution in [0.1, 0.15) is 27.2 Å². The summed E-state index contributed by atoms with van der Waals surface area (Å²) in [7, 11) is 0. The van der Waals surface area contributed by atoms with Crippen LogP contribution in [0.2, 0.25) is 0 Å². The molecule has 1 heterocycles. The zero-order valence-corrected chi connectivity index (χ0v) is 12.4. The van der Waals surface area contributed by atoms with Crippen molar-refractivity contribution in [3.8, 4) is 0 Å². The Labute approximate surface area is 111 Å². The molecule has 0 aliphatic carbocycles. The molecule has 1 aliphatic rings. The van der Waals surface area contributed by atoms with Gasteiger partial charge < -0.3 is 10.1 Å². The molecule has 1 N–H and O–H groups in total. The molecule has 0 amide bonds. The summed E-state index contributed by atoms with van der Waals surface area (Å²) in [6.45, 7) is 11.9. The van der Waals surface area contributed by atoms with Crippen LogP contribution >= 0.6 is 11.8 Å². The molecule has 0 aromatic heterocycles. The quantitative estimate of drug-likeness (QED) is 0.673. The van der Waals surface area contributed by atoms with E-state index in [0.29, 0.717) is 12.1 Å². The Morgan fingerprint density at radius 3 is 3.00 bits per heavy atom. The highest BCUT2D eigenvalue weighted by Gasteiger charge is 2.19. The van der Waals surface area contributed by atoms with E-state index in [4.69, 9.17) is 4.74 Å². The molecule has 1 rings (SSSR count). The van der Waals surface area contributed by atoms with Crippen LogP contribution in [0.5, 0.6) is 0 Å². The second-order valence-corrected chi connectivity index (χ2v) is 6.07. The first-order valence-corrected chi connectivity index (χ1v) is 8.06. The van der Waals surface area contributed by atoms with Gasteiger partial charge >= 0.3 is 0 Å². The highest BCUT2D eigenvalue weighted by Crippen LogP contribution is 2.06. The van der Waals surface area contributed by atoms with Crippen molar-refractivity contribution in [3.63, 3.8) is 0 Å². The largest absolute Gasteiger partial charge is 0.374 e. The van der Waals surface area contributed by atoms with Gasteiger partial charge in [0.1, 0.15) is 0 Å². The lowest BCUT2D eigenvalue weighted by Crippen LogP contribution is -2.47. The molecule has 2 atom stereocenters. The van der Waals surface area contributed by atoms with Crippen molar-refractivity contribution in [1.82, 2.24) is 10.2 Å². The number of hydrogen-bond acceptors (Lipinski definition) is 4. The van der Waals surface area contributed by atoms with Crippen LogP contribution < -0.4 is 5.32 Å². The standard InChI is InChI=1S/C13H28N2OS/c1-4-15-7-8-16-13(11-15)10-14-12(3)6-9-17-5-2/h12-14H,4-11H2,1-3H3. The molecular formula is C13H28N2OS. The fraction of sp³-hybridized carbons (Fsp3) is 1.00. The first kappa shape index (κ1) is 15.3. The average Bonchev–Trinajstić information content (AvgIpc) is 2.37. The van der Waals surface area contributed by atoms with E-state index >= 15 is 0 Å². The van der Waals surface area contributed by atoms with E-state index in [1.165, 1.54) is 17.9 Å². The first-order chi connectivity index (χ1) is 8.26. The average molecular weight is 260 g/mol. The van der Waals surface area contributed by atoms with Gasteiger partial charge in [-0.05, 0) is 31.4 Å². The predicted molar refractivity (Wildman–Crippen MR) is 76.9 cm³/mol. The maximum atomic E-state index is 5.78. The van der Waals surface area contributed by atoms with E-state index in [0.717, 1.165) is 32.8 Å². The third kappa shape index (κ3) is 6.65. The molecule has 1 saturated heterocycles. The number of ether oxygens (including phenoxy) is 1. The molecule has 0 aromatic carbocycles. The molecule has 17 heavy (non-hydrogen) atoms. The molecule has 2 unspecified atom stereocenters. The second kappa shape index (κ2) is 9.20. The summed E-state index contributed by atoms with van der Waals surface area (Å²) in [5.41, 5.74) is 0. The molecule has 0 spiro atoms. The first-order valence-electron chi connectivity index (χ1n) is 6.91. The topological polar surface area (TPSA) is 24.5 Å². The molecule has 1 aliphatic heterocycles. The lowest BCUT2D eigenvalue weighted by Gasteiger charge is -2.32. The maximum Gasteiger partial charge on any atom is 0.0826 e. The van der Waals surface area contributed by atoms with Gasteiger partial charge in [0.2, 0.25) is 0 Å². The number of thioether (sulfide) groups is 1. The lowest BCUT2D eigenvalue weighted by atomic mass is 10.2. The van der Waals surface area contributed by atoms with Crippen molar-refractivity contribution in [3.05, 3.63) is 0 Å². The summed E-state index contributed by atoms with van der Waals surface area (Å²) in [5, 5.41) is 3.59. The van der Waals surface area contributed by atoms with Gasteiger partial charge in [0.05, 0.1) is 12.7 Å². The highest BCUT2D eigenvalue weighted by atomic mass is 32.2. The summed E-state index contributed by atoms with van der Waals surface area (Å²) in [6.07, 6.45) is 1.63. The lowest BCUT2D eigenvalue weighted by molar-refractivity contribution is -0.0261. The molecule has 4 heteroatoms. The van der Waals surface area contributed by atoms with Crippen LogP contribution in [-0.4, -0.2) is 61.3 Å². The Balaban J connectivity index is 2.08. The minimum Gasteiger partial charge on any atom is -0.374 e. The number of likely N-dealkylation sites (N-methyl/N-ethyl adjacent to an activating group) is 1. The van der Waals surface area contributed by atoms with Gasteiger partial charge in [-0.25, -0.2) is 0 Å². The van der Waals surface area contributed by atoms with Gasteiger partial charge in [-0.2, -0.15) is 11.8 Å². The second-order valence-electron chi connectivity index (χ2n) is 4.68. The number of hydrogen-bond donors (Lipinski definition) is 1. The highest BCUT2D eigenvalue weighted by molar-refractivity contribution is 7.99. The minimum atomic E-state index is 0.380. The van der Waals surface area contributed by atoms with Gasteiger partial charge in [0.25, 0.3) is 0 Å². The molecule has 0 radical (unpaired) electrons. The Kier molecular flexibility index (Phi) is 8.27. The monoisotopic (exact) mass is 260 g/mol. The van der Waals surface area contributed by atoms with E-state index in [-0.39, 0.29) is 0 Å². The number of morpholine rings is 1. The predicted octanol–water partition coefficient (Wildman–Crippen LogP) is 1.83. The molecule has 0 bridgehead atoms. The van der Waals surface area contributed by atoms with Crippen molar-refractivity contribution < 1.29 is 4.74 Å². The van der Waals surface area contributed by atoms with Crippen LogP contribution in [0.15, 0.2) is 0 Å². The summed E-state index contributed by atoms with van der Waals surface area (Å²) in [6, 6.07) is 0.606. The fourth-order valence-corrected chi connectivity index (χ4v) is 2.84. The summed E-state index contributed by atoms with van der Waals surface area (Å²) >= 11 is 2.02. The normalized spacial score (nSPS) is 23.8. The molecule has 1 fully saturated rings. The summed E-state index contributed by atoms with van der Waals surface area (Å²) < 4.78 is 5.78. The van der Waals surface area contributed by atoms with E-state index < -0.39 is 0 Å². The number of nitrogens with one attached hydrogen (secondary N) is 1. The van der Waals surface area contributed by atoms with Gasteiger partial charge in [0, 0.05) is 25.7 Å². The van der Waals surface area contributed by atoms with Crippen LogP contribution in [0.3, 0.4) is 0 Å². The third-order valence-corrected chi connectivity index (χ3v) is 4.20. The van der Waals surface area contributed by atoms with E-state index in [2.05, 4.69) is 31.0 Å². The number of nitrogens with zero attached hydrogens (tertiary/aromatic N) is 1. The fourth-order valence-electron chi connectivity index (χ4n) is 2.03. The van der Waals surface area contributed by atoms with Crippen molar-refractivity contribution in [2.75, 3.05) is 44.3 Å². The smallest absolute Gasteiger partial charge is 0.0826 e. The molecular weight excluding hydrogens is 232 g/mol.